The number of halogens is 2. The number of aromatic carboxylic acids is 1. The van der Waals surface area contributed by atoms with Gasteiger partial charge >= 0.3 is 5.97 Å². The van der Waals surface area contributed by atoms with E-state index in [0.29, 0.717) is 15.6 Å². The number of hydrogen-bond acceptors (Lipinski definition) is 4. The number of benzene rings is 2. The summed E-state index contributed by atoms with van der Waals surface area (Å²) in [7, 11) is 0. The summed E-state index contributed by atoms with van der Waals surface area (Å²) < 4.78 is 5.41. The van der Waals surface area contributed by atoms with Crippen LogP contribution in [0.25, 0.3) is 0 Å². The minimum absolute atomic E-state index is 0.00803. The van der Waals surface area contributed by atoms with Gasteiger partial charge in [0.2, 0.25) is 0 Å². The van der Waals surface area contributed by atoms with Crippen molar-refractivity contribution in [1.29, 1.82) is 0 Å². The van der Waals surface area contributed by atoms with Crippen molar-refractivity contribution in [3.8, 4) is 5.75 Å². The van der Waals surface area contributed by atoms with Crippen LogP contribution in [0.4, 0.5) is 5.69 Å². The standard InChI is InChI=1S/C14H9Cl2NO5/c15-9-2-1-8(12(16)5-9)7-22-13-4-3-10(17(20)21)6-11(13)14(18)19/h1-6H,7H2,(H,18,19). The quantitative estimate of drug-likeness (QED) is 0.650. The van der Waals surface area contributed by atoms with Gasteiger partial charge in [0, 0.05) is 27.7 Å². The van der Waals surface area contributed by atoms with Crippen LogP contribution in [-0.2, 0) is 6.61 Å². The second-order valence-electron chi connectivity index (χ2n) is 4.27. The molecule has 2 rings (SSSR count). The van der Waals surface area contributed by atoms with Gasteiger partial charge in [-0.25, -0.2) is 4.79 Å². The summed E-state index contributed by atoms with van der Waals surface area (Å²) in [5.74, 6) is -1.30. The molecule has 0 saturated carbocycles. The van der Waals surface area contributed by atoms with Gasteiger partial charge in [0.25, 0.3) is 5.69 Å². The first-order valence-electron chi connectivity index (χ1n) is 5.97. The molecule has 114 valence electrons. The lowest BCUT2D eigenvalue weighted by atomic mass is 10.1. The number of carbonyl (C=O) groups is 1. The normalized spacial score (nSPS) is 10.3. The van der Waals surface area contributed by atoms with E-state index >= 15 is 0 Å². The van der Waals surface area contributed by atoms with Gasteiger partial charge < -0.3 is 9.84 Å². The van der Waals surface area contributed by atoms with Crippen LogP contribution in [0.5, 0.6) is 5.75 Å². The Labute approximate surface area is 135 Å². The van der Waals surface area contributed by atoms with Crippen LogP contribution in [0.2, 0.25) is 10.0 Å². The van der Waals surface area contributed by atoms with E-state index in [1.807, 2.05) is 0 Å². The Balaban J connectivity index is 2.25. The summed E-state index contributed by atoms with van der Waals surface area (Å²) in [6.45, 7) is 0.00803. The topological polar surface area (TPSA) is 89.7 Å². The Morgan fingerprint density at radius 3 is 2.55 bits per heavy atom. The average molecular weight is 342 g/mol. The van der Waals surface area contributed by atoms with Gasteiger partial charge in [-0.15, -0.1) is 0 Å². The van der Waals surface area contributed by atoms with Gasteiger partial charge in [-0.05, 0) is 18.2 Å². The second kappa shape index (κ2) is 6.64. The summed E-state index contributed by atoms with van der Waals surface area (Å²) in [4.78, 5) is 21.2. The van der Waals surface area contributed by atoms with E-state index in [4.69, 9.17) is 33.0 Å². The first kappa shape index (κ1) is 16.1. The third kappa shape index (κ3) is 3.66. The molecule has 0 atom stereocenters. The third-order valence-electron chi connectivity index (χ3n) is 2.80. The van der Waals surface area contributed by atoms with Gasteiger partial charge in [-0.1, -0.05) is 29.3 Å². The highest BCUT2D eigenvalue weighted by Crippen LogP contribution is 2.27. The van der Waals surface area contributed by atoms with Gasteiger partial charge in [0.05, 0.1) is 4.92 Å². The lowest BCUT2D eigenvalue weighted by molar-refractivity contribution is -0.384. The number of ether oxygens (including phenoxy) is 1. The molecule has 6 nitrogen and oxygen atoms in total. The van der Waals surface area contributed by atoms with Crippen molar-refractivity contribution in [3.05, 3.63) is 67.7 Å². The van der Waals surface area contributed by atoms with Gasteiger partial charge in [0.15, 0.2) is 0 Å². The maximum atomic E-state index is 11.2. The largest absolute Gasteiger partial charge is 0.488 e. The van der Waals surface area contributed by atoms with Crippen molar-refractivity contribution in [2.75, 3.05) is 0 Å². The number of non-ortho nitro benzene ring substituents is 1. The Morgan fingerprint density at radius 2 is 1.95 bits per heavy atom. The highest BCUT2D eigenvalue weighted by molar-refractivity contribution is 6.35. The second-order valence-corrected chi connectivity index (χ2v) is 5.11. The van der Waals surface area contributed by atoms with E-state index in [0.717, 1.165) is 6.07 Å². The summed E-state index contributed by atoms with van der Waals surface area (Å²) in [5, 5.41) is 20.6. The number of rotatable bonds is 5. The molecule has 0 fully saturated rings. The fourth-order valence-corrected chi connectivity index (χ4v) is 2.18. The van der Waals surface area contributed by atoms with Gasteiger partial charge in [0.1, 0.15) is 17.9 Å². The number of nitro benzene ring substituents is 1. The predicted octanol–water partition coefficient (Wildman–Crippen LogP) is 4.18. The van der Waals surface area contributed by atoms with Crippen LogP contribution in [-0.4, -0.2) is 16.0 Å². The number of carboxylic acids is 1. The maximum Gasteiger partial charge on any atom is 0.339 e. The molecule has 0 bridgehead atoms. The Bertz CT molecular complexity index is 748. The van der Waals surface area contributed by atoms with Crippen molar-refractivity contribution in [3.63, 3.8) is 0 Å². The predicted molar refractivity (Wildman–Crippen MR) is 80.8 cm³/mol. The van der Waals surface area contributed by atoms with Crippen LogP contribution in [0.3, 0.4) is 0 Å². The molecule has 0 aromatic heterocycles. The number of hydrogen-bond donors (Lipinski definition) is 1. The Kier molecular flexibility index (Phi) is 4.85. The zero-order chi connectivity index (χ0) is 16.3. The number of nitrogens with zero attached hydrogens (tertiary/aromatic N) is 1. The summed E-state index contributed by atoms with van der Waals surface area (Å²) in [5.41, 5.74) is -0.00526. The van der Waals surface area contributed by atoms with Gasteiger partial charge in [-0.3, -0.25) is 10.1 Å². The summed E-state index contributed by atoms with van der Waals surface area (Å²) in [6.07, 6.45) is 0. The minimum Gasteiger partial charge on any atom is -0.488 e. The van der Waals surface area contributed by atoms with E-state index < -0.39 is 10.9 Å². The van der Waals surface area contributed by atoms with Crippen molar-refractivity contribution in [2.45, 2.75) is 6.61 Å². The molecule has 0 spiro atoms. The molecule has 1 N–H and O–H groups in total. The molecule has 0 radical (unpaired) electrons. The zero-order valence-electron chi connectivity index (χ0n) is 11.0. The Morgan fingerprint density at radius 1 is 1.23 bits per heavy atom. The van der Waals surface area contributed by atoms with E-state index in [1.54, 1.807) is 12.1 Å². The molecule has 0 heterocycles. The monoisotopic (exact) mass is 341 g/mol. The van der Waals surface area contributed by atoms with Crippen LogP contribution < -0.4 is 4.74 Å². The smallest absolute Gasteiger partial charge is 0.339 e. The minimum atomic E-state index is -1.32. The third-order valence-corrected chi connectivity index (χ3v) is 3.39. The first-order chi connectivity index (χ1) is 10.4. The molecule has 2 aromatic carbocycles. The SMILES string of the molecule is O=C(O)c1cc([N+](=O)[O-])ccc1OCc1ccc(Cl)cc1Cl. The highest BCUT2D eigenvalue weighted by Gasteiger charge is 2.17. The molecule has 0 unspecified atom stereocenters. The summed E-state index contributed by atoms with van der Waals surface area (Å²) >= 11 is 11.8. The van der Waals surface area contributed by atoms with Crippen molar-refractivity contribution < 1.29 is 19.6 Å². The molecule has 0 aliphatic heterocycles. The first-order valence-corrected chi connectivity index (χ1v) is 6.72. The molecule has 0 aliphatic carbocycles. The zero-order valence-corrected chi connectivity index (χ0v) is 12.5. The molecule has 2 aromatic rings. The van der Waals surface area contributed by atoms with E-state index in [1.165, 1.54) is 18.2 Å². The molecular formula is C14H9Cl2NO5. The molecule has 8 heteroatoms. The molecule has 22 heavy (non-hydrogen) atoms. The molecule has 0 aliphatic rings. The lowest BCUT2D eigenvalue weighted by Gasteiger charge is -2.10. The molecular weight excluding hydrogens is 333 g/mol. The van der Waals surface area contributed by atoms with Crippen LogP contribution in [0, 0.1) is 10.1 Å². The van der Waals surface area contributed by atoms with E-state index in [-0.39, 0.29) is 23.6 Å². The lowest BCUT2D eigenvalue weighted by Crippen LogP contribution is -2.04. The fourth-order valence-electron chi connectivity index (χ4n) is 1.72. The number of nitro groups is 1. The van der Waals surface area contributed by atoms with Crippen molar-refractivity contribution in [2.24, 2.45) is 0 Å². The van der Waals surface area contributed by atoms with Crippen molar-refractivity contribution >= 4 is 34.9 Å². The van der Waals surface area contributed by atoms with Crippen molar-refractivity contribution in [1.82, 2.24) is 0 Å². The van der Waals surface area contributed by atoms with Crippen LogP contribution >= 0.6 is 23.2 Å². The summed E-state index contributed by atoms with van der Waals surface area (Å²) in [6, 6.07) is 8.17. The average Bonchev–Trinajstić information content (AvgIpc) is 2.46. The fraction of sp³-hybridized carbons (Fsp3) is 0.0714. The van der Waals surface area contributed by atoms with Crippen LogP contribution in [0.15, 0.2) is 36.4 Å². The maximum absolute atomic E-state index is 11.2. The molecule has 0 amide bonds. The number of carboxylic acid groups (broad SMARTS) is 1. The van der Waals surface area contributed by atoms with Gasteiger partial charge in [-0.2, -0.15) is 0 Å². The highest BCUT2D eigenvalue weighted by atomic mass is 35.5. The Hall–Kier alpha value is -2.31. The van der Waals surface area contributed by atoms with E-state index in [2.05, 4.69) is 0 Å². The van der Waals surface area contributed by atoms with E-state index in [9.17, 15) is 14.9 Å². The molecule has 0 saturated heterocycles. The van der Waals surface area contributed by atoms with Crippen LogP contribution in [0.1, 0.15) is 15.9 Å².